The van der Waals surface area contributed by atoms with Gasteiger partial charge in [0.25, 0.3) is 0 Å². The second-order valence-corrected chi connectivity index (χ2v) is 7.85. The molecule has 11 nitrogen and oxygen atoms in total. The lowest BCUT2D eigenvalue weighted by molar-refractivity contribution is 0.309. The molecule has 2 N–H and O–H groups in total. The Labute approximate surface area is 158 Å². The molecule has 0 aliphatic heterocycles. The maximum absolute atomic E-state index is 13.5. The summed E-state index contributed by atoms with van der Waals surface area (Å²) >= 11 is 0. The first-order valence-corrected chi connectivity index (χ1v) is 9.81. The molecular formula is C15H17FN6O5S. The number of aryl methyl sites for hydroxylation is 1. The van der Waals surface area contributed by atoms with Crippen LogP contribution in [0, 0.1) is 12.7 Å². The Morgan fingerprint density at radius 1 is 1.25 bits per heavy atom. The van der Waals surface area contributed by atoms with Crippen LogP contribution in [-0.2, 0) is 10.0 Å². The number of aromatic nitrogens is 4. The van der Waals surface area contributed by atoms with Gasteiger partial charge in [-0.15, -0.1) is 0 Å². The molecular weight excluding hydrogens is 395 g/mol. The lowest BCUT2D eigenvalue weighted by Crippen LogP contribution is -2.23. The fourth-order valence-electron chi connectivity index (χ4n) is 2.42. The van der Waals surface area contributed by atoms with E-state index in [1.165, 1.54) is 25.2 Å². The van der Waals surface area contributed by atoms with Crippen molar-refractivity contribution in [2.45, 2.75) is 13.3 Å². The lowest BCUT2D eigenvalue weighted by Gasteiger charge is -2.06. The number of benzene rings is 1. The number of nitrogens with zero attached hydrogens (tertiary/aromatic N) is 4. The standard InChI is InChI=1S/C15H17FN6O5S/c1-9-8-10(4-5-11(9)16)22-14(21-26-15(22)23)12-13(20-27-19-12)18-6-3-7-28(24,25)17-2/h4-5,8,17H,3,6-7H2,1-2H3,(H,18,20). The molecule has 0 saturated heterocycles. The molecule has 28 heavy (non-hydrogen) atoms. The highest BCUT2D eigenvalue weighted by atomic mass is 32.2. The monoisotopic (exact) mass is 412 g/mol. The van der Waals surface area contributed by atoms with E-state index in [4.69, 9.17) is 9.15 Å². The summed E-state index contributed by atoms with van der Waals surface area (Å²) in [7, 11) is -1.99. The minimum absolute atomic E-state index is 0.00241. The molecule has 150 valence electrons. The molecule has 0 bridgehead atoms. The van der Waals surface area contributed by atoms with Crippen molar-refractivity contribution in [2.24, 2.45) is 0 Å². The van der Waals surface area contributed by atoms with Crippen molar-refractivity contribution >= 4 is 15.8 Å². The molecule has 0 unspecified atom stereocenters. The maximum Gasteiger partial charge on any atom is 0.446 e. The molecule has 0 radical (unpaired) electrons. The normalized spacial score (nSPS) is 11.7. The second kappa shape index (κ2) is 7.90. The molecule has 2 heterocycles. The largest absolute Gasteiger partial charge is 0.446 e. The summed E-state index contributed by atoms with van der Waals surface area (Å²) < 4.78 is 49.2. The maximum atomic E-state index is 13.5. The van der Waals surface area contributed by atoms with Crippen LogP contribution in [0.3, 0.4) is 0 Å². The minimum Gasteiger partial charge on any atom is -0.365 e. The second-order valence-electron chi connectivity index (χ2n) is 5.81. The number of rotatable bonds is 8. The molecule has 0 saturated carbocycles. The van der Waals surface area contributed by atoms with Gasteiger partial charge in [0.05, 0.1) is 11.4 Å². The third-order valence-corrected chi connectivity index (χ3v) is 5.35. The molecule has 0 atom stereocenters. The summed E-state index contributed by atoms with van der Waals surface area (Å²) in [6.45, 7) is 1.81. The zero-order valence-electron chi connectivity index (χ0n) is 15.0. The Morgan fingerprint density at radius 3 is 2.75 bits per heavy atom. The fourth-order valence-corrected chi connectivity index (χ4v) is 3.15. The van der Waals surface area contributed by atoms with Gasteiger partial charge < -0.3 is 5.32 Å². The van der Waals surface area contributed by atoms with Crippen molar-refractivity contribution < 1.29 is 22.0 Å². The smallest absolute Gasteiger partial charge is 0.365 e. The van der Waals surface area contributed by atoms with Crippen LogP contribution in [0.4, 0.5) is 10.2 Å². The number of anilines is 1. The molecule has 13 heteroatoms. The van der Waals surface area contributed by atoms with E-state index in [2.05, 4.69) is 25.5 Å². The molecule has 0 fully saturated rings. The topological polar surface area (TPSA) is 145 Å². The van der Waals surface area contributed by atoms with Crippen LogP contribution in [0.15, 0.2) is 32.1 Å². The van der Waals surface area contributed by atoms with Gasteiger partial charge in [0.2, 0.25) is 21.7 Å². The van der Waals surface area contributed by atoms with Crippen molar-refractivity contribution in [3.05, 3.63) is 40.1 Å². The van der Waals surface area contributed by atoms with Gasteiger partial charge in [0.15, 0.2) is 5.69 Å². The Bertz CT molecular complexity index is 1140. The minimum atomic E-state index is -3.32. The van der Waals surface area contributed by atoms with Crippen molar-refractivity contribution in [1.29, 1.82) is 0 Å². The predicted molar refractivity (Wildman–Crippen MR) is 96.0 cm³/mol. The van der Waals surface area contributed by atoms with Crippen molar-refractivity contribution in [3.63, 3.8) is 0 Å². The first kappa shape index (κ1) is 19.7. The van der Waals surface area contributed by atoms with Crippen molar-refractivity contribution in [1.82, 2.24) is 24.8 Å². The number of hydrogen-bond acceptors (Lipinski definition) is 9. The number of sulfonamides is 1. The molecule has 3 rings (SSSR count). The van der Waals surface area contributed by atoms with E-state index in [1.807, 2.05) is 0 Å². The fraction of sp³-hybridized carbons (Fsp3) is 0.333. The third kappa shape index (κ3) is 4.09. The predicted octanol–water partition coefficient (Wildman–Crippen LogP) is 0.674. The lowest BCUT2D eigenvalue weighted by atomic mass is 10.2. The van der Waals surface area contributed by atoms with Crippen LogP contribution in [0.2, 0.25) is 0 Å². The molecule has 0 aliphatic rings. The van der Waals surface area contributed by atoms with Gasteiger partial charge in [-0.2, -0.15) is 0 Å². The van der Waals surface area contributed by atoms with Crippen LogP contribution in [-0.4, -0.2) is 47.8 Å². The highest BCUT2D eigenvalue weighted by Gasteiger charge is 2.23. The van der Waals surface area contributed by atoms with Gasteiger partial charge in [-0.25, -0.2) is 31.5 Å². The van der Waals surface area contributed by atoms with Crippen molar-refractivity contribution in [2.75, 3.05) is 24.7 Å². The number of halogens is 1. The third-order valence-electron chi connectivity index (χ3n) is 3.90. The average Bonchev–Trinajstić information content (AvgIpc) is 3.27. The van der Waals surface area contributed by atoms with Gasteiger partial charge in [-0.1, -0.05) is 5.16 Å². The van der Waals surface area contributed by atoms with Crippen molar-refractivity contribution in [3.8, 4) is 17.2 Å². The highest BCUT2D eigenvalue weighted by Crippen LogP contribution is 2.24. The van der Waals surface area contributed by atoms with Crippen LogP contribution >= 0.6 is 0 Å². The summed E-state index contributed by atoms with van der Waals surface area (Å²) in [4.78, 5) is 12.1. The summed E-state index contributed by atoms with van der Waals surface area (Å²) in [5, 5.41) is 14.0. The van der Waals surface area contributed by atoms with Gasteiger partial charge in [-0.3, -0.25) is 4.52 Å². The molecule has 3 aromatic rings. The van der Waals surface area contributed by atoms with E-state index < -0.39 is 21.6 Å². The first-order valence-electron chi connectivity index (χ1n) is 8.15. The van der Waals surface area contributed by atoms with E-state index >= 15 is 0 Å². The van der Waals surface area contributed by atoms with E-state index in [-0.39, 0.29) is 36.1 Å². The summed E-state index contributed by atoms with van der Waals surface area (Å²) in [6.07, 6.45) is 0.290. The number of hydrogen-bond donors (Lipinski definition) is 2. The van der Waals surface area contributed by atoms with Gasteiger partial charge >= 0.3 is 5.76 Å². The molecule has 0 amide bonds. The zero-order valence-corrected chi connectivity index (χ0v) is 15.8. The SMILES string of the molecule is CNS(=O)(=O)CCCNc1nonc1-c1noc(=O)n1-c1ccc(F)c(C)c1. The zero-order chi connectivity index (χ0) is 20.3. The van der Waals surface area contributed by atoms with E-state index in [0.29, 0.717) is 11.3 Å². The number of nitrogens with one attached hydrogen (secondary N) is 2. The van der Waals surface area contributed by atoms with Gasteiger partial charge in [-0.05, 0) is 54.5 Å². The highest BCUT2D eigenvalue weighted by molar-refractivity contribution is 7.89. The summed E-state index contributed by atoms with van der Waals surface area (Å²) in [6, 6.07) is 4.07. The average molecular weight is 412 g/mol. The summed E-state index contributed by atoms with van der Waals surface area (Å²) in [5.41, 5.74) is 0.748. The summed E-state index contributed by atoms with van der Waals surface area (Å²) in [5.74, 6) is -1.14. The molecule has 0 aliphatic carbocycles. The molecule has 2 aromatic heterocycles. The Kier molecular flexibility index (Phi) is 5.56. The van der Waals surface area contributed by atoms with E-state index in [0.717, 1.165) is 4.57 Å². The first-order chi connectivity index (χ1) is 13.3. The molecule has 1 aromatic carbocycles. The van der Waals surface area contributed by atoms with Crippen LogP contribution in [0.1, 0.15) is 12.0 Å². The van der Waals surface area contributed by atoms with Crippen LogP contribution < -0.4 is 15.8 Å². The van der Waals surface area contributed by atoms with Crippen LogP contribution in [0.5, 0.6) is 0 Å². The Balaban J connectivity index is 1.85. The quantitative estimate of drug-likeness (QED) is 0.510. The van der Waals surface area contributed by atoms with Crippen LogP contribution in [0.25, 0.3) is 17.2 Å². The Hall–Kier alpha value is -3.06. The van der Waals surface area contributed by atoms with Gasteiger partial charge in [0, 0.05) is 6.54 Å². The molecule has 0 spiro atoms. The van der Waals surface area contributed by atoms with E-state index in [9.17, 15) is 17.6 Å². The Morgan fingerprint density at radius 2 is 2.04 bits per heavy atom. The van der Waals surface area contributed by atoms with E-state index in [1.54, 1.807) is 6.92 Å². The van der Waals surface area contributed by atoms with Gasteiger partial charge in [0.1, 0.15) is 5.82 Å².